The molecule has 0 aliphatic heterocycles. The molecular formula is C13H21NO. The highest BCUT2D eigenvalue weighted by molar-refractivity contribution is 4.94. The summed E-state index contributed by atoms with van der Waals surface area (Å²) in [6.45, 7) is 4.86. The Morgan fingerprint density at radius 3 is 2.87 bits per heavy atom. The monoisotopic (exact) mass is 207 g/mol. The summed E-state index contributed by atoms with van der Waals surface area (Å²) >= 11 is 0. The van der Waals surface area contributed by atoms with Gasteiger partial charge in [-0.2, -0.15) is 5.26 Å². The number of hydrogen-bond donors (Lipinski definition) is 0. The van der Waals surface area contributed by atoms with Crippen molar-refractivity contribution in [2.75, 3.05) is 6.61 Å². The Balaban J connectivity index is 2.44. The van der Waals surface area contributed by atoms with Gasteiger partial charge in [0, 0.05) is 0 Å². The first kappa shape index (κ1) is 12.3. The van der Waals surface area contributed by atoms with Gasteiger partial charge in [-0.25, -0.2) is 0 Å². The third-order valence-electron chi connectivity index (χ3n) is 3.29. The first-order valence-corrected chi connectivity index (χ1v) is 5.94. The van der Waals surface area contributed by atoms with Crippen molar-refractivity contribution in [1.29, 1.82) is 5.26 Å². The average Bonchev–Trinajstić information content (AvgIpc) is 2.29. The van der Waals surface area contributed by atoms with Crippen LogP contribution in [0.15, 0.2) is 12.2 Å². The SMILES string of the molecule is CC=CCOC1CC(CC)CCC1C#N. The van der Waals surface area contributed by atoms with E-state index in [1.54, 1.807) is 0 Å². The zero-order chi connectivity index (χ0) is 11.1. The Hall–Kier alpha value is -0.810. The van der Waals surface area contributed by atoms with Crippen molar-refractivity contribution in [3.8, 4) is 6.07 Å². The van der Waals surface area contributed by atoms with Gasteiger partial charge in [0.05, 0.1) is 24.7 Å². The Kier molecular flexibility index (Phi) is 5.42. The maximum atomic E-state index is 9.03. The van der Waals surface area contributed by atoms with Crippen LogP contribution in [0.25, 0.3) is 0 Å². The lowest BCUT2D eigenvalue weighted by molar-refractivity contribution is 0.00424. The number of hydrogen-bond acceptors (Lipinski definition) is 2. The van der Waals surface area contributed by atoms with E-state index in [4.69, 9.17) is 10.00 Å². The Labute approximate surface area is 92.9 Å². The second-order valence-corrected chi connectivity index (χ2v) is 4.26. The summed E-state index contributed by atoms with van der Waals surface area (Å²) in [6, 6.07) is 2.38. The summed E-state index contributed by atoms with van der Waals surface area (Å²) in [5.41, 5.74) is 0. The van der Waals surface area contributed by atoms with Gasteiger partial charge in [0.25, 0.3) is 0 Å². The molecule has 1 fully saturated rings. The first-order chi connectivity index (χ1) is 7.31. The van der Waals surface area contributed by atoms with E-state index in [9.17, 15) is 0 Å². The summed E-state index contributed by atoms with van der Waals surface area (Å²) in [6.07, 6.45) is 8.62. The molecule has 1 rings (SSSR count). The minimum absolute atomic E-state index is 0.109. The third kappa shape index (κ3) is 3.68. The topological polar surface area (TPSA) is 33.0 Å². The highest BCUT2D eigenvalue weighted by Crippen LogP contribution is 2.32. The zero-order valence-corrected chi connectivity index (χ0v) is 9.78. The molecule has 0 radical (unpaired) electrons. The standard InChI is InChI=1S/C13H21NO/c1-3-5-8-15-13-9-11(4-2)6-7-12(13)10-14/h3,5,11-13H,4,6-9H2,1-2H3. The maximum Gasteiger partial charge on any atom is 0.0740 e. The maximum absolute atomic E-state index is 9.03. The molecule has 1 saturated carbocycles. The van der Waals surface area contributed by atoms with Crippen LogP contribution >= 0.6 is 0 Å². The number of rotatable bonds is 4. The molecule has 1 aliphatic carbocycles. The van der Waals surface area contributed by atoms with Crippen molar-refractivity contribution in [2.24, 2.45) is 11.8 Å². The van der Waals surface area contributed by atoms with Crippen LogP contribution in [0.4, 0.5) is 0 Å². The van der Waals surface area contributed by atoms with E-state index in [2.05, 4.69) is 13.0 Å². The molecule has 1 aliphatic rings. The van der Waals surface area contributed by atoms with Gasteiger partial charge in [0.2, 0.25) is 0 Å². The van der Waals surface area contributed by atoms with Crippen molar-refractivity contribution in [3.05, 3.63) is 12.2 Å². The molecule has 0 spiro atoms. The largest absolute Gasteiger partial charge is 0.373 e. The summed E-state index contributed by atoms with van der Waals surface area (Å²) in [7, 11) is 0. The van der Waals surface area contributed by atoms with Gasteiger partial charge >= 0.3 is 0 Å². The molecule has 3 atom stereocenters. The van der Waals surface area contributed by atoms with Crippen LogP contribution in [0.1, 0.15) is 39.5 Å². The Morgan fingerprint density at radius 1 is 1.47 bits per heavy atom. The van der Waals surface area contributed by atoms with Gasteiger partial charge < -0.3 is 4.74 Å². The van der Waals surface area contributed by atoms with Crippen LogP contribution in [0, 0.1) is 23.2 Å². The fourth-order valence-electron chi connectivity index (χ4n) is 2.19. The van der Waals surface area contributed by atoms with Crippen molar-refractivity contribution in [2.45, 2.75) is 45.6 Å². The summed E-state index contributed by atoms with van der Waals surface area (Å²) in [5, 5.41) is 9.03. The molecule has 3 unspecified atom stereocenters. The Bertz CT molecular complexity index is 241. The molecule has 0 bridgehead atoms. The van der Waals surface area contributed by atoms with E-state index in [-0.39, 0.29) is 12.0 Å². The fraction of sp³-hybridized carbons (Fsp3) is 0.769. The van der Waals surface area contributed by atoms with Crippen LogP contribution in [0.2, 0.25) is 0 Å². The predicted octanol–water partition coefficient (Wildman–Crippen LogP) is 3.30. The minimum atomic E-state index is 0.109. The highest BCUT2D eigenvalue weighted by atomic mass is 16.5. The molecule has 2 nitrogen and oxygen atoms in total. The van der Waals surface area contributed by atoms with Gasteiger partial charge in [-0.15, -0.1) is 0 Å². The molecule has 0 aromatic carbocycles. The van der Waals surface area contributed by atoms with E-state index in [0.717, 1.165) is 18.8 Å². The van der Waals surface area contributed by atoms with Crippen molar-refractivity contribution < 1.29 is 4.74 Å². The van der Waals surface area contributed by atoms with Crippen molar-refractivity contribution >= 4 is 0 Å². The van der Waals surface area contributed by atoms with Crippen LogP contribution in [-0.2, 0) is 4.74 Å². The highest BCUT2D eigenvalue weighted by Gasteiger charge is 2.30. The normalized spacial score (nSPS) is 31.7. The Morgan fingerprint density at radius 2 is 2.27 bits per heavy atom. The minimum Gasteiger partial charge on any atom is -0.373 e. The molecule has 15 heavy (non-hydrogen) atoms. The zero-order valence-electron chi connectivity index (χ0n) is 9.78. The van der Waals surface area contributed by atoms with Gasteiger partial charge in [0.15, 0.2) is 0 Å². The van der Waals surface area contributed by atoms with Gasteiger partial charge in [-0.1, -0.05) is 25.5 Å². The molecular weight excluding hydrogens is 186 g/mol. The van der Waals surface area contributed by atoms with Crippen LogP contribution in [0.5, 0.6) is 0 Å². The van der Waals surface area contributed by atoms with Crippen LogP contribution in [-0.4, -0.2) is 12.7 Å². The van der Waals surface area contributed by atoms with Gasteiger partial charge in [-0.3, -0.25) is 0 Å². The lowest BCUT2D eigenvalue weighted by atomic mass is 9.79. The summed E-state index contributed by atoms with van der Waals surface area (Å²) < 4.78 is 5.75. The lowest BCUT2D eigenvalue weighted by Crippen LogP contribution is -2.31. The molecule has 0 amide bonds. The smallest absolute Gasteiger partial charge is 0.0740 e. The van der Waals surface area contributed by atoms with Crippen molar-refractivity contribution in [3.63, 3.8) is 0 Å². The third-order valence-corrected chi connectivity index (χ3v) is 3.29. The van der Waals surface area contributed by atoms with E-state index >= 15 is 0 Å². The van der Waals surface area contributed by atoms with E-state index in [1.807, 2.05) is 19.1 Å². The first-order valence-electron chi connectivity index (χ1n) is 5.94. The number of nitriles is 1. The van der Waals surface area contributed by atoms with E-state index in [0.29, 0.717) is 6.61 Å². The predicted molar refractivity (Wildman–Crippen MR) is 61.3 cm³/mol. The van der Waals surface area contributed by atoms with Crippen LogP contribution < -0.4 is 0 Å². The summed E-state index contributed by atoms with van der Waals surface area (Å²) in [5.74, 6) is 0.864. The molecule has 0 aromatic heterocycles. The molecule has 0 aromatic rings. The molecule has 0 heterocycles. The quantitative estimate of drug-likeness (QED) is 0.663. The second kappa shape index (κ2) is 6.63. The van der Waals surface area contributed by atoms with Crippen molar-refractivity contribution in [1.82, 2.24) is 0 Å². The molecule has 2 heteroatoms. The van der Waals surface area contributed by atoms with Gasteiger partial charge in [0.1, 0.15) is 0 Å². The molecule has 84 valence electrons. The summed E-state index contributed by atoms with van der Waals surface area (Å²) in [4.78, 5) is 0. The molecule has 0 saturated heterocycles. The number of ether oxygens (including phenoxy) is 1. The van der Waals surface area contributed by atoms with E-state index < -0.39 is 0 Å². The van der Waals surface area contributed by atoms with Gasteiger partial charge in [-0.05, 0) is 32.1 Å². The number of allylic oxidation sites excluding steroid dienone is 1. The van der Waals surface area contributed by atoms with Crippen LogP contribution in [0.3, 0.4) is 0 Å². The lowest BCUT2D eigenvalue weighted by Gasteiger charge is -2.31. The molecule has 0 N–H and O–H groups in total. The fourth-order valence-corrected chi connectivity index (χ4v) is 2.19. The number of nitrogens with zero attached hydrogens (tertiary/aromatic N) is 1. The second-order valence-electron chi connectivity index (χ2n) is 4.26. The average molecular weight is 207 g/mol. The van der Waals surface area contributed by atoms with E-state index in [1.165, 1.54) is 12.8 Å².